The van der Waals surface area contributed by atoms with Gasteiger partial charge in [0, 0.05) is 18.2 Å². The number of rotatable bonds is 6. The Bertz CT molecular complexity index is 227. The molecule has 1 heterocycles. The molecule has 0 aliphatic carbocycles. The Morgan fingerprint density at radius 1 is 1.73 bits per heavy atom. The molecule has 15 heavy (non-hydrogen) atoms. The van der Waals surface area contributed by atoms with Crippen molar-refractivity contribution in [3.05, 3.63) is 12.2 Å². The molecule has 1 atom stereocenters. The van der Waals surface area contributed by atoms with Crippen molar-refractivity contribution in [2.75, 3.05) is 31.4 Å². The molecule has 4 nitrogen and oxygen atoms in total. The SMILES string of the molecule is C=C(C)COCCNC(=O)C1CSCN1. The fourth-order valence-corrected chi connectivity index (χ4v) is 2.12. The average molecular weight is 230 g/mol. The molecule has 1 fully saturated rings. The molecule has 0 aromatic carbocycles. The highest BCUT2D eigenvalue weighted by Crippen LogP contribution is 2.08. The number of hydrogen-bond acceptors (Lipinski definition) is 4. The number of hydrogen-bond donors (Lipinski definition) is 2. The van der Waals surface area contributed by atoms with E-state index < -0.39 is 0 Å². The van der Waals surface area contributed by atoms with Gasteiger partial charge in [-0.15, -0.1) is 11.8 Å². The van der Waals surface area contributed by atoms with E-state index in [2.05, 4.69) is 17.2 Å². The summed E-state index contributed by atoms with van der Waals surface area (Å²) in [6.07, 6.45) is 0. The molecule has 1 rings (SSSR count). The maximum absolute atomic E-state index is 11.5. The Morgan fingerprint density at radius 2 is 2.53 bits per heavy atom. The second kappa shape index (κ2) is 6.87. The quantitative estimate of drug-likeness (QED) is 0.511. The standard InChI is InChI=1S/C10H18N2O2S/c1-8(2)5-14-4-3-11-10(13)9-6-15-7-12-9/h9,12H,1,3-7H2,2H3,(H,11,13). The molecule has 86 valence electrons. The van der Waals surface area contributed by atoms with Crippen molar-refractivity contribution >= 4 is 17.7 Å². The summed E-state index contributed by atoms with van der Waals surface area (Å²) >= 11 is 1.74. The van der Waals surface area contributed by atoms with Gasteiger partial charge in [0.25, 0.3) is 0 Å². The summed E-state index contributed by atoms with van der Waals surface area (Å²) in [6, 6.07) is -0.0314. The molecule has 0 spiro atoms. The van der Waals surface area contributed by atoms with Gasteiger partial charge in [0.2, 0.25) is 5.91 Å². The van der Waals surface area contributed by atoms with Crippen LogP contribution in [0.2, 0.25) is 0 Å². The van der Waals surface area contributed by atoms with Crippen molar-refractivity contribution < 1.29 is 9.53 Å². The fraction of sp³-hybridized carbons (Fsp3) is 0.700. The van der Waals surface area contributed by atoms with Crippen LogP contribution in [-0.4, -0.2) is 43.3 Å². The molecule has 1 aliphatic rings. The maximum atomic E-state index is 11.5. The highest BCUT2D eigenvalue weighted by Gasteiger charge is 2.21. The molecule has 0 saturated carbocycles. The summed E-state index contributed by atoms with van der Waals surface area (Å²) < 4.78 is 5.27. The van der Waals surface area contributed by atoms with Crippen LogP contribution in [0.3, 0.4) is 0 Å². The number of carbonyl (C=O) groups excluding carboxylic acids is 1. The van der Waals surface area contributed by atoms with E-state index in [9.17, 15) is 4.79 Å². The van der Waals surface area contributed by atoms with Crippen LogP contribution in [-0.2, 0) is 9.53 Å². The van der Waals surface area contributed by atoms with Gasteiger partial charge in [-0.2, -0.15) is 0 Å². The second-order valence-electron chi connectivity index (χ2n) is 3.57. The molecule has 1 saturated heterocycles. The van der Waals surface area contributed by atoms with E-state index in [4.69, 9.17) is 4.74 Å². The van der Waals surface area contributed by atoms with Crippen LogP contribution in [0.1, 0.15) is 6.92 Å². The third-order valence-corrected chi connectivity index (χ3v) is 2.87. The van der Waals surface area contributed by atoms with Gasteiger partial charge in [-0.25, -0.2) is 0 Å². The lowest BCUT2D eigenvalue weighted by Gasteiger charge is -2.10. The van der Waals surface area contributed by atoms with Crippen LogP contribution in [0, 0.1) is 0 Å². The monoisotopic (exact) mass is 230 g/mol. The van der Waals surface area contributed by atoms with Gasteiger partial charge in [-0.05, 0) is 6.92 Å². The van der Waals surface area contributed by atoms with Crippen LogP contribution in [0.15, 0.2) is 12.2 Å². The molecule has 0 bridgehead atoms. The van der Waals surface area contributed by atoms with E-state index in [1.165, 1.54) is 0 Å². The molecular weight excluding hydrogens is 212 g/mol. The van der Waals surface area contributed by atoms with Crippen LogP contribution in [0.25, 0.3) is 0 Å². The zero-order valence-corrected chi connectivity index (χ0v) is 9.86. The van der Waals surface area contributed by atoms with Crippen LogP contribution < -0.4 is 10.6 Å². The van der Waals surface area contributed by atoms with E-state index in [0.717, 1.165) is 17.2 Å². The zero-order valence-electron chi connectivity index (χ0n) is 9.04. The van der Waals surface area contributed by atoms with E-state index in [1.807, 2.05) is 6.92 Å². The fourth-order valence-electron chi connectivity index (χ4n) is 1.18. The van der Waals surface area contributed by atoms with Gasteiger partial charge in [0.1, 0.15) is 0 Å². The highest BCUT2D eigenvalue weighted by molar-refractivity contribution is 7.99. The van der Waals surface area contributed by atoms with E-state index >= 15 is 0 Å². The van der Waals surface area contributed by atoms with Gasteiger partial charge >= 0.3 is 0 Å². The summed E-state index contributed by atoms with van der Waals surface area (Å²) in [7, 11) is 0. The molecular formula is C10H18N2O2S. The first-order chi connectivity index (χ1) is 7.20. The molecule has 1 aliphatic heterocycles. The minimum atomic E-state index is -0.0314. The Kier molecular flexibility index (Phi) is 5.75. The Labute approximate surface area is 94.8 Å². The summed E-state index contributed by atoms with van der Waals surface area (Å²) in [4.78, 5) is 11.5. The highest BCUT2D eigenvalue weighted by atomic mass is 32.2. The lowest BCUT2D eigenvalue weighted by molar-refractivity contribution is -0.122. The van der Waals surface area contributed by atoms with Crippen LogP contribution >= 0.6 is 11.8 Å². The predicted octanol–water partition coefficient (Wildman–Crippen LogP) is 0.358. The number of thioether (sulfide) groups is 1. The first-order valence-electron chi connectivity index (χ1n) is 5.01. The maximum Gasteiger partial charge on any atom is 0.238 e. The van der Waals surface area contributed by atoms with E-state index in [0.29, 0.717) is 19.8 Å². The number of ether oxygens (including phenoxy) is 1. The van der Waals surface area contributed by atoms with Crippen LogP contribution in [0.5, 0.6) is 0 Å². The Morgan fingerprint density at radius 3 is 3.13 bits per heavy atom. The van der Waals surface area contributed by atoms with Crippen molar-refractivity contribution in [2.24, 2.45) is 0 Å². The van der Waals surface area contributed by atoms with E-state index in [-0.39, 0.29) is 11.9 Å². The van der Waals surface area contributed by atoms with Gasteiger partial charge in [0.15, 0.2) is 0 Å². The lowest BCUT2D eigenvalue weighted by Crippen LogP contribution is -2.43. The Balaban J connectivity index is 1.99. The zero-order chi connectivity index (χ0) is 11.1. The molecule has 1 unspecified atom stereocenters. The molecule has 5 heteroatoms. The summed E-state index contributed by atoms with van der Waals surface area (Å²) in [6.45, 7) is 7.31. The van der Waals surface area contributed by atoms with Crippen molar-refractivity contribution in [3.63, 3.8) is 0 Å². The van der Waals surface area contributed by atoms with Crippen molar-refractivity contribution in [1.82, 2.24) is 10.6 Å². The van der Waals surface area contributed by atoms with Gasteiger partial charge in [-0.1, -0.05) is 12.2 Å². The molecule has 1 amide bonds. The van der Waals surface area contributed by atoms with Gasteiger partial charge in [0.05, 0.1) is 19.3 Å². The number of carbonyl (C=O) groups is 1. The third-order valence-electron chi connectivity index (χ3n) is 1.93. The van der Waals surface area contributed by atoms with Gasteiger partial charge in [-0.3, -0.25) is 10.1 Å². The topological polar surface area (TPSA) is 50.4 Å². The van der Waals surface area contributed by atoms with Crippen molar-refractivity contribution in [2.45, 2.75) is 13.0 Å². The smallest absolute Gasteiger partial charge is 0.238 e. The number of amides is 1. The molecule has 0 aromatic rings. The largest absolute Gasteiger partial charge is 0.375 e. The Hall–Kier alpha value is -0.520. The summed E-state index contributed by atoms with van der Waals surface area (Å²) in [5.74, 6) is 1.79. The van der Waals surface area contributed by atoms with E-state index in [1.54, 1.807) is 11.8 Å². The first-order valence-corrected chi connectivity index (χ1v) is 6.16. The van der Waals surface area contributed by atoms with Crippen molar-refractivity contribution in [3.8, 4) is 0 Å². The molecule has 0 aromatic heterocycles. The lowest BCUT2D eigenvalue weighted by atomic mass is 10.3. The summed E-state index contributed by atoms with van der Waals surface area (Å²) in [5, 5.41) is 5.94. The predicted molar refractivity (Wildman–Crippen MR) is 62.9 cm³/mol. The minimum absolute atomic E-state index is 0.0314. The third kappa shape index (κ3) is 5.20. The number of nitrogens with one attached hydrogen (secondary N) is 2. The molecule has 2 N–H and O–H groups in total. The molecule has 0 radical (unpaired) electrons. The van der Waals surface area contributed by atoms with Crippen LogP contribution in [0.4, 0.5) is 0 Å². The average Bonchev–Trinajstić information content (AvgIpc) is 2.69. The minimum Gasteiger partial charge on any atom is -0.375 e. The first kappa shape index (κ1) is 12.5. The normalized spacial score (nSPS) is 20.2. The summed E-state index contributed by atoms with van der Waals surface area (Å²) in [5.41, 5.74) is 0.996. The van der Waals surface area contributed by atoms with Gasteiger partial charge < -0.3 is 10.1 Å². The van der Waals surface area contributed by atoms with Crippen molar-refractivity contribution in [1.29, 1.82) is 0 Å². The second-order valence-corrected chi connectivity index (χ2v) is 4.60.